The van der Waals surface area contributed by atoms with Crippen LogP contribution in [0.3, 0.4) is 0 Å². The van der Waals surface area contributed by atoms with Gasteiger partial charge in [0.25, 0.3) is 0 Å². The highest BCUT2D eigenvalue weighted by atomic mass is 16.5. The van der Waals surface area contributed by atoms with Crippen molar-refractivity contribution in [3.05, 3.63) is 11.7 Å². The molecule has 2 rings (SSSR count). The molecular weight excluding hydrogens is 232 g/mol. The predicted molar refractivity (Wildman–Crippen MR) is 65.3 cm³/mol. The van der Waals surface area contributed by atoms with Crippen molar-refractivity contribution in [2.24, 2.45) is 5.92 Å². The number of aliphatic carboxylic acids is 1. The molecule has 1 fully saturated rings. The molecule has 18 heavy (non-hydrogen) atoms. The van der Waals surface area contributed by atoms with E-state index in [2.05, 4.69) is 10.1 Å². The Morgan fingerprint density at radius 2 is 2.00 bits per heavy atom. The van der Waals surface area contributed by atoms with Gasteiger partial charge in [0.1, 0.15) is 0 Å². The number of aromatic nitrogens is 2. The lowest BCUT2D eigenvalue weighted by Crippen LogP contribution is -2.25. The molecule has 0 saturated heterocycles. The molecule has 0 bridgehead atoms. The molecule has 1 aliphatic carbocycles. The third-order valence-electron chi connectivity index (χ3n) is 3.51. The van der Waals surface area contributed by atoms with Crippen molar-refractivity contribution in [3.63, 3.8) is 0 Å². The second-order valence-corrected chi connectivity index (χ2v) is 6.04. The van der Waals surface area contributed by atoms with Crippen molar-refractivity contribution in [1.82, 2.24) is 10.1 Å². The Kier molecular flexibility index (Phi) is 3.41. The van der Waals surface area contributed by atoms with Gasteiger partial charge < -0.3 is 9.63 Å². The fourth-order valence-electron chi connectivity index (χ4n) is 2.41. The standard InChI is InChI=1S/C13H20N2O3/c1-13(2,3)12-14-10(18-15-12)8-6-4-5-7-9(8)11(16)17/h8-9H,4-7H2,1-3H3,(H,16,17). The normalized spacial score (nSPS) is 25.1. The van der Waals surface area contributed by atoms with Gasteiger partial charge in [0.2, 0.25) is 5.89 Å². The van der Waals surface area contributed by atoms with Gasteiger partial charge in [-0.05, 0) is 12.8 Å². The average molecular weight is 252 g/mol. The summed E-state index contributed by atoms with van der Waals surface area (Å²) in [6, 6.07) is 0. The van der Waals surface area contributed by atoms with Crippen LogP contribution in [0.1, 0.15) is 64.1 Å². The fourth-order valence-corrected chi connectivity index (χ4v) is 2.41. The van der Waals surface area contributed by atoms with E-state index in [1.165, 1.54) is 0 Å². The van der Waals surface area contributed by atoms with Crippen LogP contribution >= 0.6 is 0 Å². The van der Waals surface area contributed by atoms with Gasteiger partial charge in [0.05, 0.1) is 11.8 Å². The van der Waals surface area contributed by atoms with Crippen molar-refractivity contribution in [3.8, 4) is 0 Å². The minimum Gasteiger partial charge on any atom is -0.481 e. The summed E-state index contributed by atoms with van der Waals surface area (Å²) in [7, 11) is 0. The number of nitrogens with zero attached hydrogens (tertiary/aromatic N) is 2. The van der Waals surface area contributed by atoms with Gasteiger partial charge in [-0.1, -0.05) is 38.8 Å². The Labute approximate surface area is 107 Å². The molecule has 2 unspecified atom stereocenters. The number of carboxylic acid groups (broad SMARTS) is 1. The first-order valence-corrected chi connectivity index (χ1v) is 6.46. The zero-order valence-electron chi connectivity index (χ0n) is 11.1. The molecule has 5 nitrogen and oxygen atoms in total. The highest BCUT2D eigenvalue weighted by molar-refractivity contribution is 5.71. The average Bonchev–Trinajstić information content (AvgIpc) is 2.77. The number of rotatable bonds is 2. The van der Waals surface area contributed by atoms with E-state index in [0.717, 1.165) is 19.3 Å². The maximum absolute atomic E-state index is 11.3. The van der Waals surface area contributed by atoms with Gasteiger partial charge in [-0.15, -0.1) is 0 Å². The fraction of sp³-hybridized carbons (Fsp3) is 0.769. The van der Waals surface area contributed by atoms with Crippen molar-refractivity contribution in [2.45, 2.75) is 57.8 Å². The van der Waals surface area contributed by atoms with Crippen molar-refractivity contribution < 1.29 is 14.4 Å². The summed E-state index contributed by atoms with van der Waals surface area (Å²) in [5.74, 6) is -0.124. The lowest BCUT2D eigenvalue weighted by atomic mass is 9.79. The second kappa shape index (κ2) is 4.71. The monoisotopic (exact) mass is 252 g/mol. The highest BCUT2D eigenvalue weighted by Gasteiger charge is 2.36. The largest absolute Gasteiger partial charge is 0.481 e. The molecule has 1 aromatic heterocycles. The third-order valence-corrected chi connectivity index (χ3v) is 3.51. The number of hydrogen-bond donors (Lipinski definition) is 1. The Hall–Kier alpha value is -1.39. The first-order valence-electron chi connectivity index (χ1n) is 6.46. The van der Waals surface area contributed by atoms with E-state index in [4.69, 9.17) is 4.52 Å². The maximum Gasteiger partial charge on any atom is 0.307 e. The number of carboxylic acids is 1. The summed E-state index contributed by atoms with van der Waals surface area (Å²) in [6.45, 7) is 6.03. The number of carbonyl (C=O) groups is 1. The lowest BCUT2D eigenvalue weighted by Gasteiger charge is -2.25. The summed E-state index contributed by atoms with van der Waals surface area (Å²) < 4.78 is 5.29. The molecule has 2 atom stereocenters. The van der Waals surface area contributed by atoms with Crippen molar-refractivity contribution in [2.75, 3.05) is 0 Å². The summed E-state index contributed by atoms with van der Waals surface area (Å²) in [4.78, 5) is 15.6. The van der Waals surface area contributed by atoms with Gasteiger partial charge in [0.15, 0.2) is 5.82 Å². The highest BCUT2D eigenvalue weighted by Crippen LogP contribution is 2.37. The number of hydrogen-bond acceptors (Lipinski definition) is 4. The van der Waals surface area contributed by atoms with E-state index >= 15 is 0 Å². The maximum atomic E-state index is 11.3. The van der Waals surface area contributed by atoms with Crippen LogP contribution in [0, 0.1) is 5.92 Å². The Bertz CT molecular complexity index is 434. The van der Waals surface area contributed by atoms with E-state index in [0.29, 0.717) is 18.1 Å². The first-order chi connectivity index (χ1) is 8.39. The Balaban J connectivity index is 2.24. The third kappa shape index (κ3) is 2.54. The minimum atomic E-state index is -0.754. The lowest BCUT2D eigenvalue weighted by molar-refractivity contribution is -0.143. The van der Waals surface area contributed by atoms with E-state index < -0.39 is 5.97 Å². The second-order valence-electron chi connectivity index (χ2n) is 6.04. The summed E-state index contributed by atoms with van der Waals surface area (Å²) in [5.41, 5.74) is -0.171. The van der Waals surface area contributed by atoms with E-state index in [1.54, 1.807) is 0 Å². The molecule has 1 N–H and O–H groups in total. The van der Waals surface area contributed by atoms with Gasteiger partial charge >= 0.3 is 5.97 Å². The van der Waals surface area contributed by atoms with Crippen LogP contribution in [-0.4, -0.2) is 21.2 Å². The Morgan fingerprint density at radius 1 is 1.33 bits per heavy atom. The molecule has 1 aliphatic rings. The smallest absolute Gasteiger partial charge is 0.307 e. The summed E-state index contributed by atoms with van der Waals surface area (Å²) >= 11 is 0. The van der Waals surface area contributed by atoms with E-state index in [9.17, 15) is 9.90 Å². The SMILES string of the molecule is CC(C)(C)c1noc(C2CCCCC2C(=O)O)n1. The molecule has 0 radical (unpaired) electrons. The molecule has 100 valence electrons. The molecule has 1 heterocycles. The van der Waals surface area contributed by atoms with Crippen LogP contribution in [0.4, 0.5) is 0 Å². The van der Waals surface area contributed by atoms with Crippen molar-refractivity contribution in [1.29, 1.82) is 0 Å². The Morgan fingerprint density at radius 3 is 2.56 bits per heavy atom. The van der Waals surface area contributed by atoms with Crippen LogP contribution in [0.2, 0.25) is 0 Å². The molecule has 0 spiro atoms. The van der Waals surface area contributed by atoms with Gasteiger partial charge in [-0.25, -0.2) is 0 Å². The summed E-state index contributed by atoms with van der Waals surface area (Å²) in [5, 5.41) is 13.2. The topological polar surface area (TPSA) is 76.2 Å². The molecule has 0 aromatic carbocycles. The molecule has 1 aromatic rings. The zero-order valence-corrected chi connectivity index (χ0v) is 11.1. The first kappa shape index (κ1) is 13.1. The predicted octanol–water partition coefficient (Wildman–Crippen LogP) is 2.73. The molecule has 1 saturated carbocycles. The van der Waals surface area contributed by atoms with Crippen molar-refractivity contribution >= 4 is 5.97 Å². The van der Waals surface area contributed by atoms with Crippen LogP contribution in [-0.2, 0) is 10.2 Å². The molecular formula is C13H20N2O3. The van der Waals surface area contributed by atoms with E-state index in [-0.39, 0.29) is 17.3 Å². The zero-order chi connectivity index (χ0) is 13.3. The van der Waals surface area contributed by atoms with Gasteiger partial charge in [-0.2, -0.15) is 4.98 Å². The van der Waals surface area contributed by atoms with Crippen LogP contribution < -0.4 is 0 Å². The summed E-state index contributed by atoms with van der Waals surface area (Å²) in [6.07, 6.45) is 3.52. The molecule has 0 aliphatic heterocycles. The van der Waals surface area contributed by atoms with Gasteiger partial charge in [-0.3, -0.25) is 4.79 Å². The van der Waals surface area contributed by atoms with Crippen LogP contribution in [0.5, 0.6) is 0 Å². The quantitative estimate of drug-likeness (QED) is 0.875. The van der Waals surface area contributed by atoms with Crippen LogP contribution in [0.25, 0.3) is 0 Å². The van der Waals surface area contributed by atoms with E-state index in [1.807, 2.05) is 20.8 Å². The molecule has 0 amide bonds. The molecule has 5 heteroatoms. The van der Waals surface area contributed by atoms with Gasteiger partial charge in [0, 0.05) is 5.41 Å². The minimum absolute atomic E-state index is 0.125. The van der Waals surface area contributed by atoms with Crippen LogP contribution in [0.15, 0.2) is 4.52 Å².